The van der Waals surface area contributed by atoms with Crippen LogP contribution in [0.5, 0.6) is 0 Å². The molecule has 0 amide bonds. The van der Waals surface area contributed by atoms with E-state index in [9.17, 15) is 10.2 Å². The van der Waals surface area contributed by atoms with Crippen LogP contribution in [0.1, 0.15) is 418 Å². The lowest BCUT2D eigenvalue weighted by molar-refractivity contribution is -0.439. The average Bonchev–Trinajstić information content (AvgIpc) is 1.15. The Hall–Kier alpha value is 1.13. The predicted octanol–water partition coefficient (Wildman–Crippen LogP) is 8.38. The Kier molecular flexibility index (Phi) is 31.9. The number of nitrogens with two attached hydrogens (primary N) is 5. The summed E-state index contributed by atoms with van der Waals surface area (Å²) in [6.45, 7) is 35.7. The number of hydrogen-bond acceptors (Lipinski definition) is 7. The molecule has 20 fully saturated rings. The maximum atomic E-state index is 11.5. The van der Waals surface area contributed by atoms with Crippen molar-refractivity contribution < 1.29 is 78.0 Å². The predicted molar refractivity (Wildman–Crippen MR) is 472 cm³/mol. The summed E-state index contributed by atoms with van der Waals surface area (Å²) in [5.41, 5.74) is 40.4. The van der Waals surface area contributed by atoms with Crippen LogP contribution in [-0.4, -0.2) is 58.2 Å². The van der Waals surface area contributed by atoms with Crippen molar-refractivity contribution in [3.63, 3.8) is 0 Å². The summed E-state index contributed by atoms with van der Waals surface area (Å²) in [5.74, 6) is 21.7. The molecule has 0 spiro atoms. The first-order valence-corrected chi connectivity index (χ1v) is 51.5. The quantitative estimate of drug-likeness (QED) is 0.131. The van der Waals surface area contributed by atoms with E-state index in [0.29, 0.717) is 86.4 Å². The minimum Gasteiger partial charge on any atom is -1.00 e. The van der Waals surface area contributed by atoms with Gasteiger partial charge in [-0.1, -0.05) is 142 Å². The molecule has 0 saturated heterocycles. The zero-order chi connectivity index (χ0) is 80.2. The van der Waals surface area contributed by atoms with Gasteiger partial charge >= 0.3 is 0 Å². The highest BCUT2D eigenvalue weighted by Gasteiger charge is 2.69. The average molecular weight is 1740 g/mol. The third kappa shape index (κ3) is 17.2. The molecule has 0 aromatic rings. The normalized spacial score (nSPS) is 54.5. The van der Waals surface area contributed by atoms with E-state index in [1.165, 1.54) is 295 Å². The smallest absolute Gasteiger partial charge is 0.100 e. The van der Waals surface area contributed by atoms with E-state index in [-0.39, 0.29) is 73.5 Å². The molecule has 20 aliphatic rings. The number of aliphatic hydroxyl groups excluding tert-OH is 1. The second-order valence-electron chi connectivity index (χ2n) is 51.1. The summed E-state index contributed by atoms with van der Waals surface area (Å²) in [5, 5.41) is 22.5. The third-order valence-electron chi connectivity index (χ3n) is 46.2. The summed E-state index contributed by atoms with van der Waals surface area (Å²) >= 11 is 0. The molecule has 20 saturated carbocycles. The van der Waals surface area contributed by atoms with E-state index < -0.39 is 11.7 Å². The molecule has 0 aliphatic heterocycles. The van der Waals surface area contributed by atoms with Crippen LogP contribution in [-0.2, 0) is 0 Å². The molecule has 688 valence electrons. The number of fused-ring (bicyclic) bond motifs is 25. The van der Waals surface area contributed by atoms with Crippen molar-refractivity contribution >= 4 is 0 Å². The van der Waals surface area contributed by atoms with Gasteiger partial charge in [0.05, 0.1) is 17.7 Å². The van der Waals surface area contributed by atoms with E-state index in [4.69, 9.17) is 28.7 Å². The maximum Gasteiger partial charge on any atom is 0.100 e. The van der Waals surface area contributed by atoms with Crippen molar-refractivity contribution in [2.75, 3.05) is 0 Å². The Balaban J connectivity index is 0.000000144. The fourth-order valence-corrected chi connectivity index (χ4v) is 39.5. The topological polar surface area (TPSA) is 198 Å². The molecule has 20 aliphatic carbocycles. The Morgan fingerprint density at radius 1 is 0.339 bits per heavy atom. The highest BCUT2D eigenvalue weighted by molar-refractivity contribution is 5.19. The van der Waals surface area contributed by atoms with Crippen LogP contribution in [0.4, 0.5) is 0 Å². The van der Waals surface area contributed by atoms with Crippen LogP contribution in [0, 0.1) is 190 Å². The second kappa shape index (κ2) is 37.8. The molecule has 8 nitrogen and oxygen atoms in total. The molecule has 0 unspecified atom stereocenters. The Labute approximate surface area is 757 Å². The lowest BCUT2D eigenvalue weighted by Gasteiger charge is -2.65. The van der Waals surface area contributed by atoms with Crippen molar-refractivity contribution in [3.05, 3.63) is 0 Å². The van der Waals surface area contributed by atoms with E-state index in [1.807, 2.05) is 0 Å². The van der Waals surface area contributed by atoms with E-state index in [0.717, 1.165) is 154 Å². The van der Waals surface area contributed by atoms with E-state index in [1.54, 1.807) is 0 Å². The first-order chi connectivity index (χ1) is 53.5. The molecule has 0 heterocycles. The van der Waals surface area contributed by atoms with Crippen LogP contribution in [0.25, 0.3) is 0 Å². The number of halogens is 5. The fraction of sp³-hybridized carbons (Fsp3) is 1.00. The van der Waals surface area contributed by atoms with Gasteiger partial charge in [-0.25, -0.2) is 0 Å². The van der Waals surface area contributed by atoms with Crippen LogP contribution in [0.2, 0.25) is 0 Å². The monoisotopic (exact) mass is 1740 g/mol. The summed E-state index contributed by atoms with van der Waals surface area (Å²) in [6, 6.07) is 2.39. The third-order valence-corrected chi connectivity index (χ3v) is 46.2. The minimum absolute atomic E-state index is 0. The summed E-state index contributed by atoms with van der Waals surface area (Å²) in [6.07, 6.45) is 69.0. The van der Waals surface area contributed by atoms with Crippen LogP contribution in [0.15, 0.2) is 0 Å². The molecule has 0 bridgehead atoms. The van der Waals surface area contributed by atoms with Gasteiger partial charge in [0.15, 0.2) is 0 Å². The van der Waals surface area contributed by atoms with Crippen molar-refractivity contribution in [3.8, 4) is 0 Å². The van der Waals surface area contributed by atoms with E-state index >= 15 is 0 Å². The number of hydrogen-bond donors (Lipinski definition) is 8. The van der Waals surface area contributed by atoms with Crippen molar-refractivity contribution in [2.45, 2.75) is 466 Å². The minimum atomic E-state index is -0.970. The molecule has 15 N–H and O–H groups in total. The Morgan fingerprint density at radius 2 is 0.712 bits per heavy atom. The van der Waals surface area contributed by atoms with Crippen LogP contribution >= 0.6 is 0 Å². The van der Waals surface area contributed by atoms with Gasteiger partial charge in [-0.05, 0) is 455 Å². The molecule has 13 heteroatoms. The fourth-order valence-electron chi connectivity index (χ4n) is 39.5. The molecule has 20 rings (SSSR count). The zero-order valence-corrected chi connectivity index (χ0v) is 82.3. The lowest BCUT2D eigenvalue weighted by atomic mass is 9.42. The van der Waals surface area contributed by atoms with Gasteiger partial charge in [-0.15, -0.1) is 0 Å². The molecule has 0 aromatic carbocycles. The summed E-state index contributed by atoms with van der Waals surface area (Å²) < 4.78 is 0. The van der Waals surface area contributed by atoms with Gasteiger partial charge in [-0.2, -0.15) is 0 Å². The van der Waals surface area contributed by atoms with Gasteiger partial charge in [0, 0.05) is 36.0 Å². The van der Waals surface area contributed by atoms with E-state index in [2.05, 4.69) is 103 Å². The first-order valence-electron chi connectivity index (χ1n) is 51.5. The molecule has 40 atom stereocenters. The van der Waals surface area contributed by atoms with Crippen LogP contribution in [0.3, 0.4) is 0 Å². The first kappa shape index (κ1) is 99.7. The highest BCUT2D eigenvalue weighted by Crippen LogP contribution is 2.74. The van der Waals surface area contributed by atoms with Crippen molar-refractivity contribution in [1.29, 1.82) is 0 Å². The standard InChI is InChI=1S/C27H49N.C21H37NO2.C19H34N2.2C19H33N.5ClH/c1-18(2)7-6-8-19(3)23-11-12-24-22-10-9-20-17-21(28)13-15-26(20,4)25(22)14-16-27(23,24)5;1-4-13-5-6-16-15-11-18(23)21(24)12-14(22)7-10-20(21,3)17(15)8-9-19(13,16)2;1-18-8-3-4-14(18)13-6-5-12-10-16(20)17(21)11-19(12,2)15(13)7-9-18;2*1-18-9-3-4-16(18)15-6-5-13-12-14(20)7-11-19(13,2)17(15)8-10-18;;;;;/h18-25H,6-17,28H2,1-5H3;13-18,23-24H,4-12,22H2,1-3H3;12-17H,3-11,20-21H2,1-2H3;2*13-17H,3-12,20H2,1-2H3;5*1H/p-4/t19-,20+,21-,22+,23-,24+,25+,26+,27-;13-,14+,15-,16-,17-,18+,19+,20+,21-;12-,13-,14-,15-,16-,17+,18-,19-;13-,14+,15-,16-,17-,18-,19-;13-,14-,15-,16-,17-,18-,19-;;;;;/m10000...../s1. The molecular weight excluding hydrogens is 1550 g/mol. The molecule has 0 aromatic heterocycles. The number of quaternary nitrogens is 1. The maximum absolute atomic E-state index is 11.5. The summed E-state index contributed by atoms with van der Waals surface area (Å²) in [4.78, 5) is 0. The number of aliphatic hydroxyl groups is 2. The van der Waals surface area contributed by atoms with Gasteiger partial charge in [0.25, 0.3) is 0 Å². The molecular formula is C105H187Cl5N6O2-4. The SMILES string of the molecule is CC(C)CCC[C@@H](C)[C@H]1CC[C@H]2[C@@H]3CC[C@H]4C[C@H](N)CC[C@]4(C)[C@H]3CC[C@]12C.CC[C@H]1CC[C@H]2[C@@H]3C[C@@H](O)[C@@]4(O)C[C@H](N)CC[C@]4(C)[C@H]3CC[C@]12C.C[C@@]12CCC[C@H]1[C@@H]1CC[C@H]3C[C@@H](N)CC[C@]3(C)[C@H]1CC2.C[C@@]12CCC[C@H]1[C@@H]1CC[C@H]3C[C@H](N)CC[C@]3(C)[C@H]1CC2.C[C@@]12CCC[C@H]1[C@@H]1CC[C@H]3C[C@H](N)[C@H]([NH3+])C[C@]3(C)[C@H]1CC2.[Cl-].[Cl-].[Cl-].[Cl-].[Cl-]. The highest BCUT2D eigenvalue weighted by atomic mass is 35.5. The van der Waals surface area contributed by atoms with Gasteiger partial charge in [-0.3, -0.25) is 0 Å². The van der Waals surface area contributed by atoms with Gasteiger partial charge in [0.2, 0.25) is 0 Å². The molecule has 0 radical (unpaired) electrons. The second-order valence-corrected chi connectivity index (χ2v) is 51.1. The van der Waals surface area contributed by atoms with Crippen molar-refractivity contribution in [2.24, 2.45) is 219 Å². The zero-order valence-electron chi connectivity index (χ0n) is 78.6. The van der Waals surface area contributed by atoms with Gasteiger partial charge < -0.3 is 107 Å². The number of rotatable bonds is 6. The molecule has 118 heavy (non-hydrogen) atoms. The largest absolute Gasteiger partial charge is 1.00 e. The van der Waals surface area contributed by atoms with Crippen molar-refractivity contribution in [1.82, 2.24) is 0 Å². The summed E-state index contributed by atoms with van der Waals surface area (Å²) in [7, 11) is 0. The Morgan fingerprint density at radius 3 is 1.16 bits per heavy atom. The Bertz CT molecular complexity index is 3170. The lowest BCUT2D eigenvalue weighted by Crippen LogP contribution is -3.00. The van der Waals surface area contributed by atoms with Crippen LogP contribution < -0.4 is 96.4 Å². The van der Waals surface area contributed by atoms with Gasteiger partial charge in [0.1, 0.15) is 6.04 Å².